The number of carbonyl (C=O) groups excluding carboxylic acids is 1. The number of amides is 1. The van der Waals surface area contributed by atoms with E-state index in [9.17, 15) is 29.2 Å². The highest BCUT2D eigenvalue weighted by molar-refractivity contribution is 5.82. The van der Waals surface area contributed by atoms with Crippen molar-refractivity contribution in [3.63, 3.8) is 0 Å². The fraction of sp³-hybridized carbons (Fsp3) is 0.500. The molecule has 0 aromatic heterocycles. The fourth-order valence-electron chi connectivity index (χ4n) is 2.66. The monoisotopic (exact) mass is 369 g/mol. The molecule has 0 saturated carbocycles. The van der Waals surface area contributed by atoms with E-state index >= 15 is 0 Å². The van der Waals surface area contributed by atoms with Crippen molar-refractivity contribution in [2.75, 3.05) is 24.5 Å². The van der Waals surface area contributed by atoms with Gasteiger partial charge in [-0.25, -0.2) is 14.0 Å². The molecule has 1 heterocycles. The average Bonchev–Trinajstić information content (AvgIpc) is 2.52. The summed E-state index contributed by atoms with van der Waals surface area (Å²) in [7, 11) is 0. The molecule has 0 bridgehead atoms. The number of nitrogens with zero attached hydrogens (tertiary/aromatic N) is 3. The molecular weight excluding hydrogens is 349 g/mol. The van der Waals surface area contributed by atoms with Gasteiger partial charge in [-0.15, -0.1) is 0 Å². The number of hydrogen-bond donors (Lipinski definition) is 1. The normalized spacial score (nSPS) is 17.8. The minimum atomic E-state index is -1.26. The lowest BCUT2D eigenvalue weighted by atomic mass is 10.1. The Bertz CT molecular complexity index is 733. The molecule has 2 rings (SSSR count). The molecular formula is C16H20FN3O6. The molecule has 1 aliphatic rings. The van der Waals surface area contributed by atoms with Gasteiger partial charge in [-0.2, -0.15) is 0 Å². The summed E-state index contributed by atoms with van der Waals surface area (Å²) in [6, 6.07) is 1.84. The number of nitro groups is 1. The zero-order chi connectivity index (χ0) is 19.6. The summed E-state index contributed by atoms with van der Waals surface area (Å²) in [4.78, 5) is 36.9. The van der Waals surface area contributed by atoms with Crippen molar-refractivity contribution in [1.82, 2.24) is 4.90 Å². The van der Waals surface area contributed by atoms with Crippen molar-refractivity contribution in [3.8, 4) is 0 Å². The second-order valence-electron chi connectivity index (χ2n) is 6.86. The van der Waals surface area contributed by atoms with E-state index in [1.165, 1.54) is 11.0 Å². The molecule has 9 nitrogen and oxygen atoms in total. The molecule has 1 N–H and O–H groups in total. The molecule has 1 saturated heterocycles. The van der Waals surface area contributed by atoms with Gasteiger partial charge in [0.15, 0.2) is 0 Å². The maximum Gasteiger partial charge on any atom is 0.411 e. The predicted octanol–water partition coefficient (Wildman–Crippen LogP) is 2.24. The Balaban J connectivity index is 2.27. The molecule has 1 atom stereocenters. The Kier molecular flexibility index (Phi) is 5.33. The summed E-state index contributed by atoms with van der Waals surface area (Å²) in [6.07, 6.45) is -0.766. The van der Waals surface area contributed by atoms with E-state index in [0.717, 1.165) is 17.0 Å². The second-order valence-corrected chi connectivity index (χ2v) is 6.86. The van der Waals surface area contributed by atoms with Crippen molar-refractivity contribution in [2.24, 2.45) is 0 Å². The smallest absolute Gasteiger partial charge is 0.411 e. The Morgan fingerprint density at radius 1 is 1.35 bits per heavy atom. The molecule has 10 heteroatoms. The van der Waals surface area contributed by atoms with Gasteiger partial charge in [-0.05, 0) is 32.9 Å². The van der Waals surface area contributed by atoms with Crippen LogP contribution in [0.25, 0.3) is 0 Å². The number of rotatable bonds is 3. The fourth-order valence-corrected chi connectivity index (χ4v) is 2.66. The molecule has 1 fully saturated rings. The molecule has 0 radical (unpaired) electrons. The van der Waals surface area contributed by atoms with Gasteiger partial charge < -0.3 is 14.7 Å². The van der Waals surface area contributed by atoms with Gasteiger partial charge in [-0.3, -0.25) is 15.0 Å². The number of benzene rings is 1. The van der Waals surface area contributed by atoms with E-state index in [2.05, 4.69) is 0 Å². The number of carboxylic acid groups (broad SMARTS) is 1. The number of ether oxygens (including phenoxy) is 1. The van der Waals surface area contributed by atoms with Gasteiger partial charge in [0.05, 0.1) is 11.0 Å². The van der Waals surface area contributed by atoms with Gasteiger partial charge in [0.1, 0.15) is 23.1 Å². The summed E-state index contributed by atoms with van der Waals surface area (Å²) < 4.78 is 18.5. The van der Waals surface area contributed by atoms with Crippen LogP contribution in [0.3, 0.4) is 0 Å². The first-order chi connectivity index (χ1) is 12.0. The maximum atomic E-state index is 13.3. The summed E-state index contributed by atoms with van der Waals surface area (Å²) in [5.74, 6) is -2.02. The van der Waals surface area contributed by atoms with Crippen LogP contribution in [0, 0.1) is 15.9 Å². The lowest BCUT2D eigenvalue weighted by Gasteiger charge is -2.40. The molecule has 0 unspecified atom stereocenters. The SMILES string of the molecule is CC(C)(C)OC(=O)N1CCN(c2ccc(F)cc2[N+](=O)[O-])C[C@H]1C(=O)O. The van der Waals surface area contributed by atoms with Crippen molar-refractivity contribution < 1.29 is 28.7 Å². The van der Waals surface area contributed by atoms with E-state index in [4.69, 9.17) is 4.74 Å². The Labute approximate surface area is 149 Å². The average molecular weight is 369 g/mol. The third kappa shape index (κ3) is 4.38. The third-order valence-electron chi connectivity index (χ3n) is 3.77. The van der Waals surface area contributed by atoms with Crippen molar-refractivity contribution in [1.29, 1.82) is 0 Å². The molecule has 1 aromatic carbocycles. The van der Waals surface area contributed by atoms with Crippen LogP contribution in [-0.4, -0.2) is 58.3 Å². The standard InChI is InChI=1S/C16H20FN3O6/c1-16(2,3)26-15(23)19-7-6-18(9-13(19)14(21)22)11-5-4-10(17)8-12(11)20(24)25/h4-5,8,13H,6-7,9H2,1-3H3,(H,21,22)/t13-/m0/s1. The summed E-state index contributed by atoms with van der Waals surface area (Å²) in [6.45, 7) is 4.97. The quantitative estimate of drug-likeness (QED) is 0.642. The first-order valence-corrected chi connectivity index (χ1v) is 7.91. The molecule has 1 aliphatic heterocycles. The highest BCUT2D eigenvalue weighted by Crippen LogP contribution is 2.31. The summed E-state index contributed by atoms with van der Waals surface area (Å²) in [5.41, 5.74) is -1.14. The topological polar surface area (TPSA) is 113 Å². The zero-order valence-corrected chi connectivity index (χ0v) is 14.6. The van der Waals surface area contributed by atoms with E-state index in [1.54, 1.807) is 20.8 Å². The summed E-state index contributed by atoms with van der Waals surface area (Å²) >= 11 is 0. The number of carbonyl (C=O) groups is 2. The van der Waals surface area contributed by atoms with E-state index in [0.29, 0.717) is 0 Å². The van der Waals surface area contributed by atoms with Crippen LogP contribution in [-0.2, 0) is 9.53 Å². The lowest BCUT2D eigenvalue weighted by Crippen LogP contribution is -2.59. The van der Waals surface area contributed by atoms with Crippen LogP contribution in [0.15, 0.2) is 18.2 Å². The number of hydrogen-bond acceptors (Lipinski definition) is 6. The second kappa shape index (κ2) is 7.14. The number of anilines is 1. The Morgan fingerprint density at radius 3 is 2.54 bits per heavy atom. The highest BCUT2D eigenvalue weighted by Gasteiger charge is 2.39. The van der Waals surface area contributed by atoms with Crippen LogP contribution in [0.1, 0.15) is 20.8 Å². The predicted molar refractivity (Wildman–Crippen MR) is 89.6 cm³/mol. The third-order valence-corrected chi connectivity index (χ3v) is 3.77. The Morgan fingerprint density at radius 2 is 2.00 bits per heavy atom. The minimum Gasteiger partial charge on any atom is -0.480 e. The van der Waals surface area contributed by atoms with Crippen molar-refractivity contribution >= 4 is 23.4 Å². The number of piperazine rings is 1. The molecule has 0 aliphatic carbocycles. The van der Waals surface area contributed by atoms with Gasteiger partial charge in [-0.1, -0.05) is 0 Å². The number of halogens is 1. The van der Waals surface area contributed by atoms with Crippen LogP contribution >= 0.6 is 0 Å². The van der Waals surface area contributed by atoms with Crippen LogP contribution < -0.4 is 4.90 Å². The van der Waals surface area contributed by atoms with Crippen LogP contribution in [0.2, 0.25) is 0 Å². The van der Waals surface area contributed by atoms with Crippen LogP contribution in [0.5, 0.6) is 0 Å². The maximum absolute atomic E-state index is 13.3. The summed E-state index contributed by atoms with van der Waals surface area (Å²) in [5, 5.41) is 20.6. The largest absolute Gasteiger partial charge is 0.480 e. The van der Waals surface area contributed by atoms with E-state index in [1.807, 2.05) is 0 Å². The molecule has 26 heavy (non-hydrogen) atoms. The molecule has 0 spiro atoms. The van der Waals surface area contributed by atoms with Crippen LogP contribution in [0.4, 0.5) is 20.6 Å². The molecule has 1 aromatic rings. The minimum absolute atomic E-state index is 0.000407. The molecule has 1 amide bonds. The first-order valence-electron chi connectivity index (χ1n) is 7.91. The van der Waals surface area contributed by atoms with E-state index < -0.39 is 40.1 Å². The number of carboxylic acids is 1. The van der Waals surface area contributed by atoms with Crippen molar-refractivity contribution in [3.05, 3.63) is 34.1 Å². The highest BCUT2D eigenvalue weighted by atomic mass is 19.1. The first kappa shape index (κ1) is 19.4. The van der Waals surface area contributed by atoms with E-state index in [-0.39, 0.29) is 25.3 Å². The van der Waals surface area contributed by atoms with Gasteiger partial charge >= 0.3 is 12.1 Å². The van der Waals surface area contributed by atoms with Gasteiger partial charge in [0.25, 0.3) is 5.69 Å². The zero-order valence-electron chi connectivity index (χ0n) is 14.6. The molecule has 142 valence electrons. The van der Waals surface area contributed by atoms with Gasteiger partial charge in [0.2, 0.25) is 0 Å². The lowest BCUT2D eigenvalue weighted by molar-refractivity contribution is -0.384. The Hall–Kier alpha value is -2.91. The number of nitro benzene ring substituents is 1. The van der Waals surface area contributed by atoms with Crippen molar-refractivity contribution in [2.45, 2.75) is 32.4 Å². The number of aliphatic carboxylic acids is 1. The van der Waals surface area contributed by atoms with Gasteiger partial charge in [0, 0.05) is 19.6 Å².